The number of thiazole rings is 1. The number of piperidine rings is 1. The van der Waals surface area contributed by atoms with Gasteiger partial charge < -0.3 is 19.4 Å². The number of benzene rings is 2. The maximum Gasteiger partial charge on any atom is 0.274 e. The third kappa shape index (κ3) is 3.87. The number of likely N-dealkylation sites (tertiary alicyclic amines) is 1. The second-order valence-electron chi connectivity index (χ2n) is 9.18. The number of nitrogens with zero attached hydrogens (tertiary/aromatic N) is 2. The van der Waals surface area contributed by atoms with Crippen LogP contribution in [0.1, 0.15) is 32.3 Å². The summed E-state index contributed by atoms with van der Waals surface area (Å²) < 4.78 is 10.8. The molecule has 3 heterocycles. The number of rotatable bonds is 6. The Hall–Kier alpha value is -3.65. The van der Waals surface area contributed by atoms with E-state index in [9.17, 15) is 9.59 Å². The molecule has 2 amide bonds. The molecule has 2 aromatic carbocycles. The Bertz CT molecular complexity index is 1440. The molecule has 0 spiro atoms. The summed E-state index contributed by atoms with van der Waals surface area (Å²) in [5, 5.41) is 4.70. The molecule has 1 saturated heterocycles. The Morgan fingerprint density at radius 2 is 2.09 bits per heavy atom. The average Bonchev–Trinajstić information content (AvgIpc) is 3.20. The van der Waals surface area contributed by atoms with E-state index < -0.39 is 0 Å². The van der Waals surface area contributed by atoms with E-state index in [-0.39, 0.29) is 17.9 Å². The minimum atomic E-state index is -0.157. The number of fused-ring (bicyclic) bond motifs is 2. The Balaban J connectivity index is 1.23. The number of hydrogen-bond donors (Lipinski definition) is 1. The van der Waals surface area contributed by atoms with Gasteiger partial charge in [0.05, 0.1) is 34.9 Å². The fourth-order valence-electron chi connectivity index (χ4n) is 5.22. The summed E-state index contributed by atoms with van der Waals surface area (Å²) in [7, 11) is 1.63. The Morgan fingerprint density at radius 3 is 2.94 bits per heavy atom. The van der Waals surface area contributed by atoms with Crippen molar-refractivity contribution in [2.75, 3.05) is 20.2 Å². The van der Waals surface area contributed by atoms with Crippen LogP contribution in [0.4, 0.5) is 0 Å². The number of furan rings is 1. The third-order valence-electron chi connectivity index (χ3n) is 7.04. The van der Waals surface area contributed by atoms with Crippen LogP contribution >= 0.6 is 11.3 Å². The predicted molar refractivity (Wildman–Crippen MR) is 134 cm³/mol. The molecule has 2 fully saturated rings. The second-order valence-corrected chi connectivity index (χ2v) is 10.4. The highest BCUT2D eigenvalue weighted by molar-refractivity contribution is 7.15. The zero-order valence-corrected chi connectivity index (χ0v) is 20.3. The lowest BCUT2D eigenvalue weighted by Gasteiger charge is -2.27. The first-order valence-electron chi connectivity index (χ1n) is 11.7. The van der Waals surface area contributed by atoms with E-state index in [0.29, 0.717) is 41.8 Å². The first kappa shape index (κ1) is 21.9. The normalized spacial score (nSPS) is 20.6. The number of nitrogens with one attached hydrogen (secondary N) is 1. The molecule has 0 bridgehead atoms. The molecule has 0 unspecified atom stereocenters. The number of hydrogen-bond acceptors (Lipinski definition) is 6. The van der Waals surface area contributed by atoms with Crippen LogP contribution in [0.2, 0.25) is 0 Å². The number of amides is 2. The number of carbonyl (C=O) groups excluding carboxylic acids is 2. The molecule has 1 saturated carbocycles. The van der Waals surface area contributed by atoms with Crippen molar-refractivity contribution >= 4 is 34.1 Å². The van der Waals surface area contributed by atoms with Gasteiger partial charge in [-0.2, -0.15) is 0 Å². The fraction of sp³-hybridized carbons (Fsp3) is 0.296. The summed E-state index contributed by atoms with van der Waals surface area (Å²) >= 11 is 1.51. The molecule has 1 N–H and O–H groups in total. The maximum atomic E-state index is 13.8. The Kier molecular flexibility index (Phi) is 5.33. The molecule has 8 heteroatoms. The number of ether oxygens (including phenoxy) is 1. The van der Waals surface area contributed by atoms with E-state index in [1.54, 1.807) is 25.5 Å². The Morgan fingerprint density at radius 1 is 1.23 bits per heavy atom. The van der Waals surface area contributed by atoms with E-state index in [1.807, 2.05) is 48.2 Å². The number of methoxy groups -OCH3 is 1. The lowest BCUT2D eigenvalue weighted by atomic mass is 10.1. The SMILES string of the molecule is COc1cccc(-c2sc(C)nc2C(=O)N2C[C@H]3C[C@H]3[C@H]2CNC(=O)c2cccc3occc23)c1. The van der Waals surface area contributed by atoms with Crippen molar-refractivity contribution in [1.29, 1.82) is 0 Å². The highest BCUT2D eigenvalue weighted by atomic mass is 32.1. The van der Waals surface area contributed by atoms with Crippen LogP contribution in [0.25, 0.3) is 21.4 Å². The molecule has 0 radical (unpaired) electrons. The van der Waals surface area contributed by atoms with E-state index in [2.05, 4.69) is 10.3 Å². The predicted octanol–water partition coefficient (Wildman–Crippen LogP) is 4.76. The van der Waals surface area contributed by atoms with Gasteiger partial charge in [0.1, 0.15) is 17.0 Å². The smallest absolute Gasteiger partial charge is 0.274 e. The van der Waals surface area contributed by atoms with Gasteiger partial charge in [-0.15, -0.1) is 11.3 Å². The zero-order valence-electron chi connectivity index (χ0n) is 19.5. The third-order valence-corrected chi connectivity index (χ3v) is 8.06. The van der Waals surface area contributed by atoms with Crippen LogP contribution in [-0.4, -0.2) is 47.9 Å². The van der Waals surface area contributed by atoms with Gasteiger partial charge in [-0.25, -0.2) is 4.98 Å². The molecule has 6 rings (SSSR count). The quantitative estimate of drug-likeness (QED) is 0.424. The first-order valence-corrected chi connectivity index (χ1v) is 12.5. The zero-order chi connectivity index (χ0) is 24.1. The van der Waals surface area contributed by atoms with Crippen molar-refractivity contribution in [2.24, 2.45) is 11.8 Å². The first-order chi connectivity index (χ1) is 17.0. The molecular formula is C27H25N3O4S. The van der Waals surface area contributed by atoms with Crippen LogP contribution in [-0.2, 0) is 0 Å². The highest BCUT2D eigenvalue weighted by Crippen LogP contribution is 2.50. The fourth-order valence-corrected chi connectivity index (χ4v) is 6.13. The van der Waals surface area contributed by atoms with Crippen molar-refractivity contribution in [3.05, 3.63) is 71.1 Å². The molecule has 1 aliphatic heterocycles. The van der Waals surface area contributed by atoms with Crippen molar-refractivity contribution in [1.82, 2.24) is 15.2 Å². The number of carbonyl (C=O) groups is 2. The van der Waals surface area contributed by atoms with Gasteiger partial charge in [0.2, 0.25) is 0 Å². The van der Waals surface area contributed by atoms with Crippen LogP contribution in [0.3, 0.4) is 0 Å². The average molecular weight is 488 g/mol. The summed E-state index contributed by atoms with van der Waals surface area (Å²) in [6.45, 7) is 3.04. The van der Waals surface area contributed by atoms with Gasteiger partial charge in [0.15, 0.2) is 0 Å². The van der Waals surface area contributed by atoms with Gasteiger partial charge in [0, 0.05) is 18.5 Å². The van der Waals surface area contributed by atoms with Gasteiger partial charge in [-0.05, 0) is 61.1 Å². The second kappa shape index (κ2) is 8.53. The molecule has 2 aliphatic rings. The van der Waals surface area contributed by atoms with Crippen LogP contribution < -0.4 is 10.1 Å². The largest absolute Gasteiger partial charge is 0.497 e. The summed E-state index contributed by atoms with van der Waals surface area (Å²) in [5.74, 6) is 1.43. The molecule has 7 nitrogen and oxygen atoms in total. The minimum absolute atomic E-state index is 0.0415. The van der Waals surface area contributed by atoms with E-state index >= 15 is 0 Å². The van der Waals surface area contributed by atoms with Gasteiger partial charge in [0.25, 0.3) is 11.8 Å². The summed E-state index contributed by atoms with van der Waals surface area (Å²) in [6, 6.07) is 14.9. The lowest BCUT2D eigenvalue weighted by molar-refractivity contribution is 0.0690. The summed E-state index contributed by atoms with van der Waals surface area (Å²) in [6.07, 6.45) is 2.68. The van der Waals surface area contributed by atoms with Crippen LogP contribution in [0.15, 0.2) is 59.2 Å². The van der Waals surface area contributed by atoms with Crippen molar-refractivity contribution in [2.45, 2.75) is 19.4 Å². The molecule has 35 heavy (non-hydrogen) atoms. The van der Waals surface area contributed by atoms with Crippen LogP contribution in [0, 0.1) is 18.8 Å². The van der Waals surface area contributed by atoms with Crippen molar-refractivity contribution in [3.63, 3.8) is 0 Å². The highest BCUT2D eigenvalue weighted by Gasteiger charge is 2.54. The lowest BCUT2D eigenvalue weighted by Crippen LogP contribution is -2.45. The standard InChI is InChI=1S/C27H25N3O4S/c1-15-29-24(25(35-15)16-5-3-6-18(11-16)33-2)27(32)30-14-17-12-21(17)22(30)13-28-26(31)20-7-4-8-23-19(20)9-10-34-23/h3-11,17,21-22H,12-14H2,1-2H3,(H,28,31)/t17-,21-,22-/m1/s1. The van der Waals surface area contributed by atoms with Crippen molar-refractivity contribution < 1.29 is 18.7 Å². The van der Waals surface area contributed by atoms with Crippen molar-refractivity contribution in [3.8, 4) is 16.2 Å². The summed E-state index contributed by atoms with van der Waals surface area (Å²) in [5.41, 5.74) is 2.65. The summed E-state index contributed by atoms with van der Waals surface area (Å²) in [4.78, 5) is 34.1. The van der Waals surface area contributed by atoms with Gasteiger partial charge in [-0.1, -0.05) is 18.2 Å². The molecule has 4 aromatic rings. The molecule has 3 atom stereocenters. The van der Waals surface area contributed by atoms with E-state index in [4.69, 9.17) is 9.15 Å². The van der Waals surface area contributed by atoms with Gasteiger partial charge in [-0.3, -0.25) is 9.59 Å². The Labute approximate surface area is 206 Å². The molecule has 2 aromatic heterocycles. The molecular weight excluding hydrogens is 462 g/mol. The topological polar surface area (TPSA) is 84.7 Å². The van der Waals surface area contributed by atoms with E-state index in [0.717, 1.165) is 33.0 Å². The number of aromatic nitrogens is 1. The van der Waals surface area contributed by atoms with Gasteiger partial charge >= 0.3 is 0 Å². The minimum Gasteiger partial charge on any atom is -0.497 e. The van der Waals surface area contributed by atoms with Crippen LogP contribution in [0.5, 0.6) is 5.75 Å². The molecule has 178 valence electrons. The molecule has 1 aliphatic carbocycles. The number of aryl methyl sites for hydroxylation is 1. The monoisotopic (exact) mass is 487 g/mol. The maximum absolute atomic E-state index is 13.8. The van der Waals surface area contributed by atoms with E-state index in [1.165, 1.54) is 11.3 Å².